The number of likely N-dealkylation sites (tertiary alicyclic amines) is 1. The Kier molecular flexibility index (Phi) is 7.04. The van der Waals surface area contributed by atoms with Crippen LogP contribution in [0.4, 0.5) is 0 Å². The molecule has 7 heteroatoms. The first-order valence-electron chi connectivity index (χ1n) is 12.1. The van der Waals surface area contributed by atoms with E-state index in [2.05, 4.69) is 53.2 Å². The van der Waals surface area contributed by atoms with Gasteiger partial charge in [0.2, 0.25) is 0 Å². The van der Waals surface area contributed by atoms with Crippen molar-refractivity contribution in [1.29, 1.82) is 0 Å². The minimum atomic E-state index is -0.0950. The molecule has 1 aliphatic carbocycles. The lowest BCUT2D eigenvalue weighted by molar-refractivity contribution is 0.264. The first-order chi connectivity index (χ1) is 16.9. The zero-order chi connectivity index (χ0) is 24.4. The van der Waals surface area contributed by atoms with Crippen LogP contribution in [0.25, 0.3) is 11.8 Å². The van der Waals surface area contributed by atoms with E-state index in [9.17, 15) is 4.79 Å². The molecular weight excluding hydrogens is 460 g/mol. The van der Waals surface area contributed by atoms with Crippen molar-refractivity contribution in [1.82, 2.24) is 19.4 Å². The van der Waals surface area contributed by atoms with E-state index in [0.29, 0.717) is 16.8 Å². The summed E-state index contributed by atoms with van der Waals surface area (Å²) in [6.07, 6.45) is 8.52. The molecule has 0 N–H and O–H groups in total. The fraction of sp³-hybridized carbons (Fsp3) is 0.357. The second-order valence-corrected chi connectivity index (χ2v) is 10.1. The number of pyridine rings is 2. The van der Waals surface area contributed by atoms with Crippen LogP contribution in [0.15, 0.2) is 59.7 Å². The number of allylic oxidation sites excluding steroid dienone is 1. The van der Waals surface area contributed by atoms with Crippen LogP contribution in [0.5, 0.6) is 5.75 Å². The highest BCUT2D eigenvalue weighted by Crippen LogP contribution is 2.28. The van der Waals surface area contributed by atoms with Crippen molar-refractivity contribution in [2.45, 2.75) is 38.5 Å². The summed E-state index contributed by atoms with van der Waals surface area (Å²) in [5.74, 6) is 0.530. The summed E-state index contributed by atoms with van der Waals surface area (Å²) < 4.78 is 7.47. The second-order valence-electron chi connectivity index (χ2n) is 9.64. The number of aromatic nitrogens is 2. The molecule has 182 valence electrons. The van der Waals surface area contributed by atoms with Crippen molar-refractivity contribution >= 4 is 23.4 Å². The molecule has 0 bridgehead atoms. The Bertz CT molecular complexity index is 1280. The van der Waals surface area contributed by atoms with Gasteiger partial charge in [0.05, 0.1) is 10.7 Å². The molecule has 5 rings (SSSR count). The van der Waals surface area contributed by atoms with E-state index in [1.807, 2.05) is 12.1 Å². The highest BCUT2D eigenvalue weighted by atomic mass is 35.5. The average molecular weight is 491 g/mol. The van der Waals surface area contributed by atoms with E-state index in [4.69, 9.17) is 16.3 Å². The molecule has 35 heavy (non-hydrogen) atoms. The molecule has 1 atom stereocenters. The molecule has 6 nitrogen and oxygen atoms in total. The van der Waals surface area contributed by atoms with Crippen LogP contribution in [0, 0.1) is 0 Å². The molecule has 0 amide bonds. The molecule has 0 saturated carbocycles. The first-order valence-corrected chi connectivity index (χ1v) is 12.5. The van der Waals surface area contributed by atoms with E-state index in [1.165, 1.54) is 29.2 Å². The zero-order valence-corrected chi connectivity index (χ0v) is 21.0. The molecule has 2 aromatic heterocycles. The number of hydrogen-bond acceptors (Lipinski definition) is 5. The number of hydrogen-bond donors (Lipinski definition) is 0. The Morgan fingerprint density at radius 3 is 2.77 bits per heavy atom. The maximum Gasteiger partial charge on any atom is 0.258 e. The number of fused-ring (bicyclic) bond motifs is 1. The second kappa shape index (κ2) is 10.4. The van der Waals surface area contributed by atoms with Crippen molar-refractivity contribution in [2.75, 3.05) is 27.2 Å². The van der Waals surface area contributed by atoms with Crippen LogP contribution in [-0.4, -0.2) is 52.6 Å². The fourth-order valence-corrected chi connectivity index (χ4v) is 5.00. The third-order valence-corrected chi connectivity index (χ3v) is 7.16. The predicted molar refractivity (Wildman–Crippen MR) is 141 cm³/mol. The van der Waals surface area contributed by atoms with E-state index >= 15 is 0 Å². The van der Waals surface area contributed by atoms with E-state index in [0.717, 1.165) is 43.9 Å². The minimum absolute atomic E-state index is 0.0950. The molecule has 1 unspecified atom stereocenters. The molecule has 1 aliphatic heterocycles. The summed E-state index contributed by atoms with van der Waals surface area (Å²) in [6, 6.07) is 14.4. The monoisotopic (exact) mass is 490 g/mol. The number of ether oxygens (including phenoxy) is 1. The van der Waals surface area contributed by atoms with Gasteiger partial charge >= 0.3 is 0 Å². The maximum atomic E-state index is 12.8. The molecule has 3 aromatic rings. The van der Waals surface area contributed by atoms with Gasteiger partial charge < -0.3 is 9.64 Å². The van der Waals surface area contributed by atoms with Gasteiger partial charge in [-0.25, -0.2) is 0 Å². The van der Waals surface area contributed by atoms with Crippen molar-refractivity contribution in [2.24, 2.45) is 0 Å². The van der Waals surface area contributed by atoms with Gasteiger partial charge in [-0.15, -0.1) is 0 Å². The van der Waals surface area contributed by atoms with Crippen LogP contribution in [0.1, 0.15) is 35.2 Å². The van der Waals surface area contributed by atoms with E-state index in [-0.39, 0.29) is 12.2 Å². The van der Waals surface area contributed by atoms with Gasteiger partial charge in [-0.05, 0) is 74.3 Å². The van der Waals surface area contributed by atoms with Gasteiger partial charge in [0, 0.05) is 49.8 Å². The third-order valence-electron chi connectivity index (χ3n) is 6.94. The lowest BCUT2D eigenvalue weighted by Gasteiger charge is -2.22. The zero-order valence-electron chi connectivity index (χ0n) is 20.3. The highest BCUT2D eigenvalue weighted by molar-refractivity contribution is 6.30. The van der Waals surface area contributed by atoms with E-state index in [1.54, 1.807) is 23.0 Å². The number of benzene rings is 1. The molecule has 1 saturated heterocycles. The topological polar surface area (TPSA) is 50.6 Å². The van der Waals surface area contributed by atoms with Crippen molar-refractivity contribution in [3.8, 4) is 5.75 Å². The largest absolute Gasteiger partial charge is 0.487 e. The van der Waals surface area contributed by atoms with Gasteiger partial charge in [0.15, 0.2) is 0 Å². The Labute approximate surface area is 211 Å². The van der Waals surface area contributed by atoms with Crippen LogP contribution < -0.4 is 10.3 Å². The number of likely N-dealkylation sites (N-methyl/N-ethyl adjacent to an activating group) is 1. The number of rotatable bonds is 7. The van der Waals surface area contributed by atoms with Crippen molar-refractivity contribution < 1.29 is 4.74 Å². The van der Waals surface area contributed by atoms with Gasteiger partial charge in [0.25, 0.3) is 5.56 Å². The predicted octanol–water partition coefficient (Wildman–Crippen LogP) is 4.56. The first kappa shape index (κ1) is 23.8. The van der Waals surface area contributed by atoms with Gasteiger partial charge in [-0.2, -0.15) is 0 Å². The lowest BCUT2D eigenvalue weighted by Crippen LogP contribution is -2.31. The Morgan fingerprint density at radius 2 is 2.03 bits per heavy atom. The quantitative estimate of drug-likeness (QED) is 0.486. The van der Waals surface area contributed by atoms with Crippen molar-refractivity contribution in [3.05, 3.63) is 92.6 Å². The number of aryl methyl sites for hydroxylation is 1. The van der Waals surface area contributed by atoms with Gasteiger partial charge in [0.1, 0.15) is 12.4 Å². The number of nitrogens with zero attached hydrogens (tertiary/aromatic N) is 4. The Balaban J connectivity index is 1.25. The van der Waals surface area contributed by atoms with Crippen molar-refractivity contribution in [3.63, 3.8) is 0 Å². The molecular formula is C28H31ClN4O2. The molecule has 1 fully saturated rings. The molecule has 1 aromatic carbocycles. The van der Waals surface area contributed by atoms with Crippen LogP contribution in [-0.2, 0) is 19.6 Å². The molecule has 2 aliphatic rings. The van der Waals surface area contributed by atoms with Crippen LogP contribution in [0.2, 0.25) is 5.02 Å². The van der Waals surface area contributed by atoms with Gasteiger partial charge in [-0.1, -0.05) is 29.8 Å². The third kappa shape index (κ3) is 5.67. The summed E-state index contributed by atoms with van der Waals surface area (Å²) in [6.45, 7) is 3.57. The van der Waals surface area contributed by atoms with Crippen LogP contribution >= 0.6 is 11.6 Å². The maximum absolute atomic E-state index is 12.8. The van der Waals surface area contributed by atoms with Gasteiger partial charge in [-0.3, -0.25) is 19.2 Å². The fourth-order valence-electron chi connectivity index (χ4n) is 4.89. The standard InChI is InChI=1S/C28H31ClN4O2/c1-31(2)26-9-11-32(18-26)17-20-3-4-22-14-25(8-5-21(22)13-20)33-12-10-27(15-28(33)34)35-19-24-7-6-23(29)16-30-24/h3-4,6-7,10,12-16,26H,5,8-9,11,17-19H2,1-2H3. The minimum Gasteiger partial charge on any atom is -0.487 e. The SMILES string of the molecule is CN(C)C1CCN(Cc2ccc3c(c2)CCC(n2ccc(OCc4ccc(Cl)cn4)cc2=O)=C3)C1. The normalized spacial score (nSPS) is 17.9. The average Bonchev–Trinajstić information content (AvgIpc) is 3.32. The Hall–Kier alpha value is -2.93. The van der Waals surface area contributed by atoms with Crippen LogP contribution in [0.3, 0.4) is 0 Å². The highest BCUT2D eigenvalue weighted by Gasteiger charge is 2.24. The summed E-state index contributed by atoms with van der Waals surface area (Å²) in [4.78, 5) is 21.9. The summed E-state index contributed by atoms with van der Waals surface area (Å²) in [5.41, 5.74) is 5.60. The summed E-state index contributed by atoms with van der Waals surface area (Å²) in [7, 11) is 4.34. The summed E-state index contributed by atoms with van der Waals surface area (Å²) >= 11 is 5.87. The molecule has 3 heterocycles. The number of halogens is 1. The van der Waals surface area contributed by atoms with E-state index < -0.39 is 0 Å². The Morgan fingerprint density at radius 1 is 1.14 bits per heavy atom. The lowest BCUT2D eigenvalue weighted by atomic mass is 9.93. The molecule has 0 spiro atoms. The smallest absolute Gasteiger partial charge is 0.258 e. The molecule has 0 radical (unpaired) electrons. The summed E-state index contributed by atoms with van der Waals surface area (Å²) in [5, 5.41) is 0.583.